The Labute approximate surface area is 546 Å². The maximum atomic E-state index is 18.1. The fourth-order valence-electron chi connectivity index (χ4n) is 6.75. The van der Waals surface area contributed by atoms with E-state index in [-0.39, 0.29) is 35.3 Å². The van der Waals surface area contributed by atoms with Crippen LogP contribution in [0.3, 0.4) is 0 Å². The van der Waals surface area contributed by atoms with Crippen LogP contribution >= 0.6 is 312 Å². The van der Waals surface area contributed by atoms with Gasteiger partial charge in [0.2, 0.25) is 0 Å². The SMILES string of the molecule is CC(Br)(Br)C(OP(=O)(OC(C(C)(Br)Br)(C(Cl)(Cl)C(C)(C)CCl)C(Cl)(Cl)C(C)(C)CCl)OC(C(C)(Br)Br)(C(Cl)(Cl)C(C)(C)CCl)C(Cl)(Cl)C(C)(C)CCl)(C(Cl)(Cl)C(C)(C)CCl)C(Cl)(Cl)C(C)(C)CCl. The highest BCUT2D eigenvalue weighted by atomic mass is 79.9. The summed E-state index contributed by atoms with van der Waals surface area (Å²) in [6, 6.07) is 0. The average Bonchev–Trinajstić information content (AvgIpc) is 3.15. The summed E-state index contributed by atoms with van der Waals surface area (Å²) in [6.07, 6.45) is 0. The summed E-state index contributed by atoms with van der Waals surface area (Å²) in [4.78, 5) is 0. The zero-order chi connectivity index (χ0) is 55.9. The number of hydrogen-bond acceptors (Lipinski definition) is 4. The Morgan fingerprint density at radius 2 is 0.397 bits per heavy atom. The van der Waals surface area contributed by atoms with Crippen LogP contribution in [0.15, 0.2) is 0 Å². The van der Waals surface area contributed by atoms with Crippen molar-refractivity contribution in [3.8, 4) is 0 Å². The highest BCUT2D eigenvalue weighted by Gasteiger charge is 2.85. The molecule has 0 amide bonds. The fraction of sp³-hybridized carbons (Fsp3) is 1.00. The topological polar surface area (TPSA) is 44.8 Å². The molecule has 0 aromatic carbocycles. The molecule has 0 aromatic heterocycles. The van der Waals surface area contributed by atoms with Gasteiger partial charge in [-0.2, -0.15) is 0 Å². The number of phosphoric ester groups is 1. The van der Waals surface area contributed by atoms with Crippen LogP contribution in [0.4, 0.5) is 0 Å². The molecule has 0 aliphatic carbocycles. The van der Waals surface area contributed by atoms with Crippen molar-refractivity contribution in [3.63, 3.8) is 0 Å². The zero-order valence-corrected chi connectivity index (χ0v) is 63.4. The summed E-state index contributed by atoms with van der Waals surface area (Å²) in [5.41, 5.74) is -18.2. The van der Waals surface area contributed by atoms with Crippen LogP contribution in [0, 0.1) is 32.5 Å². The summed E-state index contributed by atoms with van der Waals surface area (Å²) in [5.74, 6) is -2.04. The van der Waals surface area contributed by atoms with Crippen molar-refractivity contribution in [2.75, 3.05) is 35.3 Å². The second kappa shape index (κ2) is 24.1. The molecule has 0 bridgehead atoms. The largest absolute Gasteiger partial charge is 0.477 e. The summed E-state index contributed by atoms with van der Waals surface area (Å²) in [6.45, 7) is 23.0. The summed E-state index contributed by atoms with van der Waals surface area (Å²) in [7, 11) is -6.38. The smallest absolute Gasteiger partial charge is 0.271 e. The van der Waals surface area contributed by atoms with Crippen molar-refractivity contribution >= 4 is 312 Å². The van der Waals surface area contributed by atoms with Gasteiger partial charge in [-0.3, -0.25) is 13.6 Å². The minimum absolute atomic E-state index is 0.340. The molecule has 68 heavy (non-hydrogen) atoms. The molecule has 0 heterocycles. The van der Waals surface area contributed by atoms with Gasteiger partial charge in [-0.15, -0.1) is 69.6 Å². The minimum Gasteiger partial charge on any atom is -0.271 e. The van der Waals surface area contributed by atoms with Gasteiger partial charge < -0.3 is 0 Å². The Hall–Kier alpha value is 8.21. The van der Waals surface area contributed by atoms with Crippen LogP contribution < -0.4 is 0 Å². The molecular weight excluding hydrogens is 1680 g/mol. The van der Waals surface area contributed by atoms with Gasteiger partial charge in [-0.1, -0.05) is 318 Å². The molecule has 0 aromatic rings. The monoisotopic (exact) mass is 1720 g/mol. The number of alkyl halides is 24. The molecule has 0 aliphatic heterocycles. The second-order valence-corrected chi connectivity index (χ2v) is 44.7. The van der Waals surface area contributed by atoms with Crippen LogP contribution in [0.25, 0.3) is 0 Å². The Kier molecular flexibility index (Phi) is 27.0. The molecule has 0 rings (SSSR count). The number of hydrogen-bond donors (Lipinski definition) is 0. The highest BCUT2D eigenvalue weighted by molar-refractivity contribution is 9.26. The van der Waals surface area contributed by atoms with Crippen LogP contribution in [0.2, 0.25) is 0 Å². The van der Waals surface area contributed by atoms with Gasteiger partial charge in [0.05, 0.1) is 0 Å². The molecule has 0 saturated heterocycles. The summed E-state index contributed by atoms with van der Waals surface area (Å²) >= 11 is 156. The lowest BCUT2D eigenvalue weighted by atomic mass is 9.70. The van der Waals surface area contributed by atoms with Crippen molar-refractivity contribution < 1.29 is 18.1 Å². The molecule has 0 N–H and O–H groups in total. The van der Waals surface area contributed by atoms with E-state index in [9.17, 15) is 0 Å². The molecule has 0 unspecified atom stereocenters. The van der Waals surface area contributed by atoms with Crippen molar-refractivity contribution in [2.45, 2.75) is 156 Å². The van der Waals surface area contributed by atoms with E-state index in [4.69, 9.17) is 222 Å². The second-order valence-electron chi connectivity index (χ2n) is 21.0. The number of phosphoric acid groups is 1. The number of halogens is 24. The third-order valence-electron chi connectivity index (χ3n) is 12.4. The van der Waals surface area contributed by atoms with E-state index in [0.29, 0.717) is 0 Å². The normalized spacial score (nSPS) is 16.8. The Balaban J connectivity index is 11.2. The van der Waals surface area contributed by atoms with Gasteiger partial charge in [0.15, 0.2) is 42.8 Å². The lowest BCUT2D eigenvalue weighted by Gasteiger charge is -2.66. The van der Waals surface area contributed by atoms with E-state index < -0.39 is 92.8 Å². The molecular formula is C39H57Br6Cl18O4P. The van der Waals surface area contributed by atoms with Gasteiger partial charge in [0, 0.05) is 67.8 Å². The van der Waals surface area contributed by atoms with Gasteiger partial charge in [-0.25, -0.2) is 4.57 Å². The quantitative estimate of drug-likeness (QED) is 0.0607. The molecule has 0 saturated carbocycles. The summed E-state index contributed by atoms with van der Waals surface area (Å²) in [5, 5.41) is 0. The Bertz CT molecular complexity index is 1510. The van der Waals surface area contributed by atoms with Crippen molar-refractivity contribution in [1.82, 2.24) is 0 Å². The molecule has 0 spiro atoms. The standard InChI is InChI=1S/C39H57Br6Cl18O4P/c1-22(2,16-46)34(52,53)31(28(13,40)41,35(54,55)23(3,4)17-47)65-68(64,66-32(29(14,42)43,36(56,57)24(5,6)18-48)37(58,59)25(7,8)19-49)67-33(30(15,44)45,38(60,61)26(9,10)20-50)39(62,63)27(11,12)21-51/h16-21H2,1-15H3. The third-order valence-corrected chi connectivity index (χ3v) is 30.5. The van der Waals surface area contributed by atoms with Crippen LogP contribution in [0.5, 0.6) is 0 Å². The average molecular weight is 1740 g/mol. The Morgan fingerprint density at radius 3 is 0.471 bits per heavy atom. The predicted octanol–water partition coefficient (Wildman–Crippen LogP) is 23.5. The lowest BCUT2D eigenvalue weighted by molar-refractivity contribution is -0.130. The highest BCUT2D eigenvalue weighted by Crippen LogP contribution is 2.81. The molecule has 0 atom stereocenters. The molecule has 0 radical (unpaired) electrons. The van der Waals surface area contributed by atoms with E-state index in [1.165, 1.54) is 20.8 Å². The van der Waals surface area contributed by atoms with E-state index in [2.05, 4.69) is 95.6 Å². The van der Waals surface area contributed by atoms with E-state index in [1.807, 2.05) is 0 Å². The number of rotatable bonds is 27. The van der Waals surface area contributed by atoms with Crippen molar-refractivity contribution in [1.29, 1.82) is 0 Å². The summed E-state index contributed by atoms with van der Waals surface area (Å²) < 4.78 is 18.2. The van der Waals surface area contributed by atoms with Crippen molar-refractivity contribution in [3.05, 3.63) is 0 Å². The third kappa shape index (κ3) is 12.4. The molecule has 0 aliphatic rings. The first-order valence-electron chi connectivity index (χ1n) is 19.7. The maximum absolute atomic E-state index is 18.1. The first-order chi connectivity index (χ1) is 29.2. The van der Waals surface area contributed by atoms with Crippen LogP contribution in [-0.2, 0) is 18.1 Å². The minimum atomic E-state index is -6.38. The van der Waals surface area contributed by atoms with Crippen LogP contribution in [-0.4, -0.2) is 87.8 Å². The maximum Gasteiger partial charge on any atom is 0.477 e. The van der Waals surface area contributed by atoms with Gasteiger partial charge in [0.25, 0.3) is 0 Å². The fourth-order valence-corrected chi connectivity index (χ4v) is 25.3. The van der Waals surface area contributed by atoms with Gasteiger partial charge in [0.1, 0.15) is 9.70 Å². The first-order valence-corrected chi connectivity index (χ1v) is 33.7. The van der Waals surface area contributed by atoms with Crippen LogP contribution in [0.1, 0.15) is 104 Å². The van der Waals surface area contributed by atoms with E-state index in [1.54, 1.807) is 83.1 Å². The van der Waals surface area contributed by atoms with E-state index >= 15 is 4.57 Å². The van der Waals surface area contributed by atoms with Crippen molar-refractivity contribution in [2.24, 2.45) is 32.5 Å². The van der Waals surface area contributed by atoms with Gasteiger partial charge >= 0.3 is 7.82 Å². The lowest BCUT2D eigenvalue weighted by Crippen LogP contribution is -2.78. The molecule has 4 nitrogen and oxygen atoms in total. The molecule has 29 heteroatoms. The van der Waals surface area contributed by atoms with E-state index in [0.717, 1.165) is 0 Å². The van der Waals surface area contributed by atoms with Gasteiger partial charge in [-0.05, 0) is 20.8 Å². The Morgan fingerprint density at radius 1 is 0.294 bits per heavy atom. The molecule has 0 fully saturated rings. The zero-order valence-electron chi connectivity index (χ0n) is 39.4. The first kappa shape index (κ1) is 76.2. The molecule has 410 valence electrons. The predicted molar refractivity (Wildman–Crippen MR) is 331 cm³/mol.